The van der Waals surface area contributed by atoms with E-state index >= 15 is 0 Å². The van der Waals surface area contributed by atoms with Crippen LogP contribution in [0, 0.1) is 0 Å². The van der Waals surface area contributed by atoms with Gasteiger partial charge in [0.2, 0.25) is 0 Å². The molecule has 1 aliphatic rings. The van der Waals surface area contributed by atoms with Crippen LogP contribution in [0.3, 0.4) is 0 Å². The summed E-state index contributed by atoms with van der Waals surface area (Å²) in [5.41, 5.74) is 7.05. The molecule has 0 saturated heterocycles. The number of hydrogen-bond donors (Lipinski definition) is 2. The molecule has 0 unspecified atom stereocenters. The van der Waals surface area contributed by atoms with Gasteiger partial charge in [-0.25, -0.2) is 4.68 Å². The Kier molecular flexibility index (Phi) is 3.28. The second-order valence-electron chi connectivity index (χ2n) is 5.30. The lowest BCUT2D eigenvalue weighted by molar-refractivity contribution is 0.0837. The summed E-state index contributed by atoms with van der Waals surface area (Å²) in [6.07, 6.45) is 6.38. The number of carbonyl (C=O) groups is 1. The molecule has 0 bridgehead atoms. The Morgan fingerprint density at radius 1 is 1.35 bits per heavy atom. The monoisotopic (exact) mass is 270 g/mol. The maximum absolute atomic E-state index is 12.2. The number of para-hydroxylation sites is 1. The zero-order valence-electron chi connectivity index (χ0n) is 11.2. The van der Waals surface area contributed by atoms with E-state index in [4.69, 9.17) is 5.73 Å². The molecule has 3 N–H and O–H groups in total. The van der Waals surface area contributed by atoms with Gasteiger partial charge < -0.3 is 11.1 Å². The second kappa shape index (κ2) is 5.09. The first kappa shape index (κ1) is 12.9. The Morgan fingerprint density at radius 2 is 2.10 bits per heavy atom. The topological polar surface area (TPSA) is 72.9 Å². The first-order chi connectivity index (χ1) is 9.72. The van der Waals surface area contributed by atoms with Gasteiger partial charge >= 0.3 is 0 Å². The molecule has 5 nitrogen and oxygen atoms in total. The fourth-order valence-corrected chi connectivity index (χ4v) is 2.46. The van der Waals surface area contributed by atoms with E-state index in [1.807, 2.05) is 30.3 Å². The molecule has 20 heavy (non-hydrogen) atoms. The van der Waals surface area contributed by atoms with E-state index in [9.17, 15) is 4.79 Å². The van der Waals surface area contributed by atoms with Crippen LogP contribution in [0.1, 0.15) is 29.6 Å². The molecule has 3 rings (SSSR count). The molecular formula is C15H18N4O. The van der Waals surface area contributed by atoms with Gasteiger partial charge in [-0.05, 0) is 31.4 Å². The Labute approximate surface area is 117 Å². The molecule has 1 aliphatic carbocycles. The van der Waals surface area contributed by atoms with E-state index in [0.717, 1.165) is 24.9 Å². The highest BCUT2D eigenvalue weighted by atomic mass is 16.1. The number of aromatic nitrogens is 2. The lowest BCUT2D eigenvalue weighted by Crippen LogP contribution is -2.58. The molecule has 0 radical (unpaired) electrons. The van der Waals surface area contributed by atoms with Gasteiger partial charge in [-0.1, -0.05) is 18.2 Å². The molecule has 1 fully saturated rings. The summed E-state index contributed by atoms with van der Waals surface area (Å²) in [6.45, 7) is 0.492. The van der Waals surface area contributed by atoms with Crippen LogP contribution in [0.5, 0.6) is 0 Å². The highest BCUT2D eigenvalue weighted by molar-refractivity contribution is 5.94. The summed E-state index contributed by atoms with van der Waals surface area (Å²) in [5, 5.41) is 7.28. The average molecular weight is 270 g/mol. The van der Waals surface area contributed by atoms with Gasteiger partial charge in [-0.15, -0.1) is 0 Å². The molecule has 1 amide bonds. The van der Waals surface area contributed by atoms with Crippen molar-refractivity contribution in [2.75, 3.05) is 6.54 Å². The molecule has 1 saturated carbocycles. The predicted octanol–water partition coefficient (Wildman–Crippen LogP) is 1.48. The van der Waals surface area contributed by atoms with Gasteiger partial charge in [0.25, 0.3) is 5.91 Å². The van der Waals surface area contributed by atoms with Crippen molar-refractivity contribution >= 4 is 5.91 Å². The summed E-state index contributed by atoms with van der Waals surface area (Å²) >= 11 is 0. The smallest absolute Gasteiger partial charge is 0.254 e. The third-order valence-electron chi connectivity index (χ3n) is 3.95. The number of nitrogens with two attached hydrogens (primary N) is 1. The number of amides is 1. The zero-order chi connectivity index (χ0) is 14.0. The molecule has 2 aromatic rings. The first-order valence-electron chi connectivity index (χ1n) is 6.85. The molecule has 0 atom stereocenters. The lowest BCUT2D eigenvalue weighted by Gasteiger charge is -2.41. The third kappa shape index (κ3) is 2.32. The standard InChI is InChI=1S/C15H18N4O/c16-11-15(7-4-8-15)18-14(20)12-9-17-19(10-12)13-5-2-1-3-6-13/h1-3,5-6,9-10H,4,7-8,11,16H2,(H,18,20). The Morgan fingerprint density at radius 3 is 2.70 bits per heavy atom. The number of nitrogens with zero attached hydrogens (tertiary/aromatic N) is 2. The van der Waals surface area contributed by atoms with Crippen molar-refractivity contribution in [3.63, 3.8) is 0 Å². The van der Waals surface area contributed by atoms with E-state index in [-0.39, 0.29) is 11.4 Å². The van der Waals surface area contributed by atoms with Gasteiger partial charge in [-0.2, -0.15) is 5.10 Å². The van der Waals surface area contributed by atoms with Gasteiger partial charge in [0, 0.05) is 12.7 Å². The van der Waals surface area contributed by atoms with Gasteiger partial charge in [0.05, 0.1) is 23.0 Å². The zero-order valence-corrected chi connectivity index (χ0v) is 11.2. The number of hydrogen-bond acceptors (Lipinski definition) is 3. The molecule has 1 aromatic heterocycles. The maximum atomic E-state index is 12.2. The van der Waals surface area contributed by atoms with E-state index in [1.165, 1.54) is 0 Å². The van der Waals surface area contributed by atoms with Crippen LogP contribution in [0.25, 0.3) is 5.69 Å². The van der Waals surface area contributed by atoms with E-state index in [1.54, 1.807) is 17.1 Å². The SMILES string of the molecule is NCC1(NC(=O)c2cnn(-c3ccccc3)c2)CCC1. The number of rotatable bonds is 4. The third-order valence-corrected chi connectivity index (χ3v) is 3.95. The quantitative estimate of drug-likeness (QED) is 0.884. The van der Waals surface area contributed by atoms with E-state index in [2.05, 4.69) is 10.4 Å². The van der Waals surface area contributed by atoms with Crippen molar-refractivity contribution in [1.82, 2.24) is 15.1 Å². The summed E-state index contributed by atoms with van der Waals surface area (Å²) in [5.74, 6) is -0.0997. The minimum Gasteiger partial charge on any atom is -0.345 e. The highest BCUT2D eigenvalue weighted by Crippen LogP contribution is 2.30. The largest absolute Gasteiger partial charge is 0.345 e. The van der Waals surface area contributed by atoms with E-state index < -0.39 is 0 Å². The summed E-state index contributed by atoms with van der Waals surface area (Å²) in [4.78, 5) is 12.2. The van der Waals surface area contributed by atoms with E-state index in [0.29, 0.717) is 12.1 Å². The molecular weight excluding hydrogens is 252 g/mol. The Hall–Kier alpha value is -2.14. The Bertz CT molecular complexity index is 596. The van der Waals surface area contributed by atoms with Gasteiger partial charge in [0.15, 0.2) is 0 Å². The second-order valence-corrected chi connectivity index (χ2v) is 5.30. The minimum atomic E-state index is -0.202. The van der Waals surface area contributed by atoms with Gasteiger partial charge in [0.1, 0.15) is 0 Å². The molecule has 1 aromatic carbocycles. The van der Waals surface area contributed by atoms with Crippen molar-refractivity contribution in [1.29, 1.82) is 0 Å². The van der Waals surface area contributed by atoms with Crippen molar-refractivity contribution in [3.8, 4) is 5.69 Å². The van der Waals surface area contributed by atoms with Crippen molar-refractivity contribution in [2.24, 2.45) is 5.73 Å². The van der Waals surface area contributed by atoms with Crippen LogP contribution < -0.4 is 11.1 Å². The first-order valence-corrected chi connectivity index (χ1v) is 6.85. The molecule has 104 valence electrons. The highest BCUT2D eigenvalue weighted by Gasteiger charge is 2.37. The van der Waals surface area contributed by atoms with Crippen LogP contribution >= 0.6 is 0 Å². The fourth-order valence-electron chi connectivity index (χ4n) is 2.46. The van der Waals surface area contributed by atoms with Gasteiger partial charge in [-0.3, -0.25) is 4.79 Å². The summed E-state index contributed by atoms with van der Waals surface area (Å²) in [7, 11) is 0. The van der Waals surface area contributed by atoms with Crippen molar-refractivity contribution in [3.05, 3.63) is 48.3 Å². The summed E-state index contributed by atoms with van der Waals surface area (Å²) in [6, 6.07) is 9.72. The molecule has 5 heteroatoms. The van der Waals surface area contributed by atoms with Crippen molar-refractivity contribution < 1.29 is 4.79 Å². The minimum absolute atomic E-state index is 0.0997. The average Bonchev–Trinajstić information content (AvgIpc) is 2.93. The van der Waals surface area contributed by atoms with Crippen LogP contribution in [0.2, 0.25) is 0 Å². The summed E-state index contributed by atoms with van der Waals surface area (Å²) < 4.78 is 1.70. The molecule has 0 spiro atoms. The number of carbonyl (C=O) groups excluding carboxylic acids is 1. The van der Waals surface area contributed by atoms with Crippen LogP contribution in [0.4, 0.5) is 0 Å². The predicted molar refractivity (Wildman–Crippen MR) is 76.7 cm³/mol. The molecule has 1 heterocycles. The molecule has 0 aliphatic heterocycles. The maximum Gasteiger partial charge on any atom is 0.254 e. The van der Waals surface area contributed by atoms with Crippen molar-refractivity contribution in [2.45, 2.75) is 24.8 Å². The number of nitrogens with one attached hydrogen (secondary N) is 1. The van der Waals surface area contributed by atoms with Crippen LogP contribution in [-0.2, 0) is 0 Å². The Balaban J connectivity index is 1.75. The normalized spacial score (nSPS) is 16.4. The number of benzene rings is 1. The fraction of sp³-hybridized carbons (Fsp3) is 0.333. The van der Waals surface area contributed by atoms with Crippen LogP contribution in [0.15, 0.2) is 42.7 Å². The van der Waals surface area contributed by atoms with Crippen LogP contribution in [-0.4, -0.2) is 27.8 Å². The lowest BCUT2D eigenvalue weighted by atomic mass is 9.76.